The van der Waals surface area contributed by atoms with Crippen molar-refractivity contribution in [3.63, 3.8) is 0 Å². The van der Waals surface area contributed by atoms with Gasteiger partial charge >= 0.3 is 0 Å². The van der Waals surface area contributed by atoms with E-state index in [9.17, 15) is 18.0 Å². The highest BCUT2D eigenvalue weighted by molar-refractivity contribution is 7.92. The standard InChI is InChI=1S/C35H44Cl2N2O5S/c1-4-5-6-7-8-9-10-11-12-16-23-44-29-19-21-30(22-20-29)45(42,43)39(25-28-17-14-13-15-18-28)32-24-31(38-27(3)41)34(36)35(37)33(32)26(2)40/h13-15,17-22,24H,4-12,16,23,25H2,1-3H3,(H,38,41). The molecule has 3 aromatic rings. The lowest BCUT2D eigenvalue weighted by atomic mass is 10.1. The molecule has 0 aliphatic rings. The van der Waals surface area contributed by atoms with Crippen molar-refractivity contribution in [3.05, 3.63) is 81.8 Å². The third-order valence-electron chi connectivity index (χ3n) is 7.46. The maximum atomic E-state index is 14.2. The summed E-state index contributed by atoms with van der Waals surface area (Å²) in [5.41, 5.74) is 0.717. The zero-order valence-electron chi connectivity index (χ0n) is 26.4. The number of nitrogens with one attached hydrogen (secondary N) is 1. The Bertz CT molecular complexity index is 1510. The molecule has 244 valence electrons. The summed E-state index contributed by atoms with van der Waals surface area (Å²) < 4.78 is 35.5. The first-order valence-electron chi connectivity index (χ1n) is 15.7. The number of benzene rings is 3. The Kier molecular flexibility index (Phi) is 14.7. The molecule has 0 spiro atoms. The number of anilines is 2. The molecule has 0 saturated carbocycles. The maximum Gasteiger partial charge on any atom is 0.264 e. The van der Waals surface area contributed by atoms with E-state index in [1.165, 1.54) is 83.4 Å². The van der Waals surface area contributed by atoms with Crippen molar-refractivity contribution >= 4 is 56.3 Å². The molecule has 3 rings (SSSR count). The van der Waals surface area contributed by atoms with Crippen LogP contribution in [0.5, 0.6) is 5.75 Å². The number of hydrogen-bond acceptors (Lipinski definition) is 5. The maximum absolute atomic E-state index is 14.2. The summed E-state index contributed by atoms with van der Waals surface area (Å²) in [6.07, 6.45) is 12.3. The summed E-state index contributed by atoms with van der Waals surface area (Å²) in [4.78, 5) is 24.7. The van der Waals surface area contributed by atoms with Crippen molar-refractivity contribution in [2.24, 2.45) is 0 Å². The fraction of sp³-hybridized carbons (Fsp3) is 0.429. The highest BCUT2D eigenvalue weighted by Crippen LogP contribution is 2.42. The summed E-state index contributed by atoms with van der Waals surface area (Å²) in [5.74, 6) is -0.331. The average molecular weight is 676 g/mol. The van der Waals surface area contributed by atoms with Gasteiger partial charge in [-0.2, -0.15) is 0 Å². The first-order valence-corrected chi connectivity index (χ1v) is 17.9. The molecule has 0 fully saturated rings. The number of hydrogen-bond donors (Lipinski definition) is 1. The third kappa shape index (κ3) is 10.8. The molecule has 10 heteroatoms. The van der Waals surface area contributed by atoms with E-state index in [0.29, 0.717) is 17.9 Å². The summed E-state index contributed by atoms with van der Waals surface area (Å²) in [5, 5.41) is 2.38. The van der Waals surface area contributed by atoms with Crippen molar-refractivity contribution in [2.45, 2.75) is 96.4 Å². The largest absolute Gasteiger partial charge is 0.494 e. The molecule has 0 radical (unpaired) electrons. The van der Waals surface area contributed by atoms with Gasteiger partial charge < -0.3 is 10.1 Å². The lowest BCUT2D eigenvalue weighted by Gasteiger charge is -2.28. The number of carbonyl (C=O) groups is 2. The third-order valence-corrected chi connectivity index (χ3v) is 10.1. The summed E-state index contributed by atoms with van der Waals surface area (Å²) in [6.45, 7) is 5.27. The van der Waals surface area contributed by atoms with Crippen molar-refractivity contribution < 1.29 is 22.7 Å². The van der Waals surface area contributed by atoms with Crippen LogP contribution in [0.25, 0.3) is 0 Å². The number of sulfonamides is 1. The first-order chi connectivity index (χ1) is 21.6. The van der Waals surface area contributed by atoms with Crippen LogP contribution in [0.3, 0.4) is 0 Å². The van der Waals surface area contributed by atoms with Gasteiger partial charge in [0.25, 0.3) is 10.0 Å². The van der Waals surface area contributed by atoms with Gasteiger partial charge in [0.1, 0.15) is 5.75 Å². The van der Waals surface area contributed by atoms with E-state index in [4.69, 9.17) is 27.9 Å². The van der Waals surface area contributed by atoms with E-state index < -0.39 is 21.7 Å². The second-order valence-corrected chi connectivity index (χ2v) is 13.8. The Morgan fingerprint density at radius 3 is 1.93 bits per heavy atom. The normalized spacial score (nSPS) is 11.3. The van der Waals surface area contributed by atoms with Gasteiger partial charge in [0.05, 0.1) is 45.0 Å². The molecule has 0 aliphatic heterocycles. The van der Waals surface area contributed by atoms with Crippen LogP contribution >= 0.6 is 23.2 Å². The first kappa shape index (κ1) is 36.4. The number of halogens is 2. The monoisotopic (exact) mass is 674 g/mol. The number of nitrogens with zero attached hydrogens (tertiary/aromatic N) is 1. The Labute approximate surface area is 278 Å². The van der Waals surface area contributed by atoms with E-state index in [0.717, 1.165) is 17.1 Å². The Morgan fingerprint density at radius 2 is 1.38 bits per heavy atom. The van der Waals surface area contributed by atoms with Crippen LogP contribution < -0.4 is 14.4 Å². The van der Waals surface area contributed by atoms with Crippen LogP contribution in [-0.4, -0.2) is 26.7 Å². The predicted octanol–water partition coefficient (Wildman–Crippen LogP) is 9.85. The molecule has 45 heavy (non-hydrogen) atoms. The van der Waals surface area contributed by atoms with Gasteiger partial charge in [-0.25, -0.2) is 8.42 Å². The smallest absolute Gasteiger partial charge is 0.264 e. The van der Waals surface area contributed by atoms with Crippen LogP contribution in [0.2, 0.25) is 10.0 Å². The highest BCUT2D eigenvalue weighted by atomic mass is 35.5. The number of Topliss-reactive ketones (excluding diaryl/α,β-unsaturated/α-hetero) is 1. The van der Waals surface area contributed by atoms with Crippen molar-refractivity contribution in [1.29, 1.82) is 0 Å². The number of ketones is 1. The fourth-order valence-corrected chi connectivity index (χ4v) is 7.07. The van der Waals surface area contributed by atoms with E-state index in [2.05, 4.69) is 12.2 Å². The molecule has 0 saturated heterocycles. The Morgan fingerprint density at radius 1 is 0.800 bits per heavy atom. The zero-order chi connectivity index (χ0) is 32.8. The molecule has 0 unspecified atom stereocenters. The minimum Gasteiger partial charge on any atom is -0.494 e. The molecule has 7 nitrogen and oxygen atoms in total. The molecule has 0 atom stereocenters. The quantitative estimate of drug-likeness (QED) is 0.101. The van der Waals surface area contributed by atoms with E-state index in [-0.39, 0.29) is 38.4 Å². The molecule has 0 bridgehead atoms. The van der Waals surface area contributed by atoms with E-state index in [1.54, 1.807) is 36.4 Å². The zero-order valence-corrected chi connectivity index (χ0v) is 28.7. The molecule has 3 aromatic carbocycles. The topological polar surface area (TPSA) is 92.8 Å². The average Bonchev–Trinajstić information content (AvgIpc) is 3.01. The predicted molar refractivity (Wildman–Crippen MR) is 184 cm³/mol. The van der Waals surface area contributed by atoms with Gasteiger partial charge in [0.15, 0.2) is 5.78 Å². The second kappa shape index (κ2) is 18.2. The molecule has 1 amide bonds. The van der Waals surface area contributed by atoms with Crippen molar-refractivity contribution in [2.75, 3.05) is 16.2 Å². The lowest BCUT2D eigenvalue weighted by molar-refractivity contribution is -0.114. The van der Waals surface area contributed by atoms with Crippen LogP contribution in [0.1, 0.15) is 101 Å². The Balaban J connectivity index is 1.79. The summed E-state index contributed by atoms with van der Waals surface area (Å²) in [6, 6.07) is 16.6. The minimum absolute atomic E-state index is 0.00536. The highest BCUT2D eigenvalue weighted by Gasteiger charge is 2.31. The van der Waals surface area contributed by atoms with Crippen LogP contribution in [0.4, 0.5) is 11.4 Å². The van der Waals surface area contributed by atoms with Crippen molar-refractivity contribution in [3.8, 4) is 5.75 Å². The molecule has 1 N–H and O–H groups in total. The number of carbonyl (C=O) groups excluding carboxylic acids is 2. The molecule has 0 aromatic heterocycles. The van der Waals surface area contributed by atoms with Gasteiger partial charge in [-0.05, 0) is 49.2 Å². The molecule has 0 aliphatic carbocycles. The van der Waals surface area contributed by atoms with Crippen molar-refractivity contribution in [1.82, 2.24) is 0 Å². The van der Waals surface area contributed by atoms with Gasteiger partial charge in [-0.3, -0.25) is 13.9 Å². The number of amides is 1. The fourth-order valence-electron chi connectivity index (χ4n) is 5.09. The Hall–Kier alpha value is -3.07. The summed E-state index contributed by atoms with van der Waals surface area (Å²) >= 11 is 12.9. The van der Waals surface area contributed by atoms with Crippen LogP contribution in [0.15, 0.2) is 65.6 Å². The van der Waals surface area contributed by atoms with Gasteiger partial charge in [0.2, 0.25) is 5.91 Å². The van der Waals surface area contributed by atoms with Gasteiger partial charge in [0, 0.05) is 6.92 Å². The van der Waals surface area contributed by atoms with Crippen LogP contribution in [0, 0.1) is 0 Å². The number of rotatable bonds is 19. The second-order valence-electron chi connectivity index (χ2n) is 11.2. The number of ether oxygens (including phenoxy) is 1. The van der Waals surface area contributed by atoms with Crippen LogP contribution in [-0.2, 0) is 21.4 Å². The molecule has 0 heterocycles. The van der Waals surface area contributed by atoms with E-state index in [1.807, 2.05) is 6.07 Å². The van der Waals surface area contributed by atoms with E-state index >= 15 is 0 Å². The lowest BCUT2D eigenvalue weighted by Crippen LogP contribution is -2.32. The minimum atomic E-state index is -4.23. The number of unbranched alkanes of at least 4 members (excludes halogenated alkanes) is 9. The molecular weight excluding hydrogens is 631 g/mol. The van der Waals surface area contributed by atoms with Gasteiger partial charge in [-0.1, -0.05) is 118 Å². The summed E-state index contributed by atoms with van der Waals surface area (Å²) in [7, 11) is -4.23. The SMILES string of the molecule is CCCCCCCCCCCCOc1ccc(S(=O)(=O)N(Cc2ccccc2)c2cc(NC(C)=O)c(Cl)c(Cl)c2C(C)=O)cc1. The van der Waals surface area contributed by atoms with Gasteiger partial charge in [-0.15, -0.1) is 0 Å². The molecular formula is C35H44Cl2N2O5S.